The van der Waals surface area contributed by atoms with Gasteiger partial charge >= 0.3 is 0 Å². The predicted molar refractivity (Wildman–Crippen MR) is 99.4 cm³/mol. The van der Waals surface area contributed by atoms with Crippen LogP contribution in [0.4, 0.5) is 22.0 Å². The van der Waals surface area contributed by atoms with Gasteiger partial charge in [0.25, 0.3) is 0 Å². The van der Waals surface area contributed by atoms with Crippen LogP contribution in [0.15, 0.2) is 24.5 Å². The summed E-state index contributed by atoms with van der Waals surface area (Å²) in [5.74, 6) is 2.41. The number of H-pyrrole nitrogens is 1. The summed E-state index contributed by atoms with van der Waals surface area (Å²) in [6.45, 7) is 3.01. The van der Waals surface area contributed by atoms with Crippen LogP contribution in [0.25, 0.3) is 5.65 Å². The average molecular weight is 371 g/mol. The molecule has 5 rings (SSSR count). The molecule has 2 fully saturated rings. The molecule has 3 aromatic rings. The SMILES string of the molecule is F[C@H]1CC[C@@H](c2cc(Nc3nc(N4CCOCC4)cc4nccn34)n[nH]2)C1. The first kappa shape index (κ1) is 16.5. The van der Waals surface area contributed by atoms with Gasteiger partial charge in [-0.25, -0.2) is 9.37 Å². The van der Waals surface area contributed by atoms with Crippen molar-refractivity contribution in [2.75, 3.05) is 36.5 Å². The molecule has 2 aliphatic rings. The average Bonchev–Trinajstić information content (AvgIpc) is 3.43. The Balaban J connectivity index is 1.42. The summed E-state index contributed by atoms with van der Waals surface area (Å²) in [5, 5.41) is 10.7. The number of fused-ring (bicyclic) bond motifs is 1. The molecule has 27 heavy (non-hydrogen) atoms. The van der Waals surface area contributed by atoms with Gasteiger partial charge in [0.15, 0.2) is 5.82 Å². The third-order valence-electron chi connectivity index (χ3n) is 5.36. The van der Waals surface area contributed by atoms with Crippen LogP contribution < -0.4 is 10.2 Å². The molecule has 0 spiro atoms. The minimum atomic E-state index is -0.702. The number of aromatic amines is 1. The monoisotopic (exact) mass is 371 g/mol. The maximum absolute atomic E-state index is 13.5. The van der Waals surface area contributed by atoms with Gasteiger partial charge in [-0.2, -0.15) is 10.1 Å². The molecule has 1 saturated heterocycles. The number of aromatic nitrogens is 5. The van der Waals surface area contributed by atoms with Gasteiger partial charge in [-0.1, -0.05) is 0 Å². The van der Waals surface area contributed by atoms with Crippen LogP contribution >= 0.6 is 0 Å². The number of anilines is 3. The lowest BCUT2D eigenvalue weighted by Crippen LogP contribution is -2.36. The third kappa shape index (κ3) is 3.23. The Kier molecular flexibility index (Phi) is 4.16. The van der Waals surface area contributed by atoms with E-state index in [0.717, 1.165) is 36.7 Å². The first-order valence-corrected chi connectivity index (χ1v) is 9.39. The van der Waals surface area contributed by atoms with Crippen molar-refractivity contribution in [3.05, 3.63) is 30.2 Å². The van der Waals surface area contributed by atoms with E-state index in [1.807, 2.05) is 22.7 Å². The lowest BCUT2D eigenvalue weighted by atomic mass is 10.0. The minimum absolute atomic E-state index is 0.212. The number of halogens is 1. The lowest BCUT2D eigenvalue weighted by Gasteiger charge is -2.28. The van der Waals surface area contributed by atoms with Crippen molar-refractivity contribution in [2.24, 2.45) is 0 Å². The molecule has 142 valence electrons. The Bertz CT molecular complexity index is 933. The van der Waals surface area contributed by atoms with Crippen molar-refractivity contribution >= 4 is 23.2 Å². The van der Waals surface area contributed by atoms with E-state index in [1.165, 1.54) is 0 Å². The van der Waals surface area contributed by atoms with E-state index in [2.05, 4.69) is 25.4 Å². The summed E-state index contributed by atoms with van der Waals surface area (Å²) in [6, 6.07) is 3.93. The van der Waals surface area contributed by atoms with Crippen molar-refractivity contribution in [3.63, 3.8) is 0 Å². The zero-order valence-electron chi connectivity index (χ0n) is 14.9. The summed E-state index contributed by atoms with van der Waals surface area (Å²) in [5.41, 5.74) is 1.80. The highest BCUT2D eigenvalue weighted by molar-refractivity contribution is 5.60. The van der Waals surface area contributed by atoms with E-state index in [1.54, 1.807) is 6.20 Å². The van der Waals surface area contributed by atoms with E-state index in [4.69, 9.17) is 9.72 Å². The molecule has 9 heteroatoms. The molecule has 0 radical (unpaired) electrons. The number of hydrogen-bond donors (Lipinski definition) is 2. The lowest BCUT2D eigenvalue weighted by molar-refractivity contribution is 0.122. The maximum atomic E-state index is 13.5. The van der Waals surface area contributed by atoms with Gasteiger partial charge in [0.1, 0.15) is 17.6 Å². The largest absolute Gasteiger partial charge is 0.378 e. The smallest absolute Gasteiger partial charge is 0.216 e. The van der Waals surface area contributed by atoms with E-state index < -0.39 is 6.17 Å². The second-order valence-electron chi connectivity index (χ2n) is 7.13. The summed E-state index contributed by atoms with van der Waals surface area (Å²) < 4.78 is 20.8. The minimum Gasteiger partial charge on any atom is -0.378 e. The Labute approximate surface area is 155 Å². The Morgan fingerprint density at radius 2 is 2.11 bits per heavy atom. The molecule has 2 atom stereocenters. The van der Waals surface area contributed by atoms with Crippen LogP contribution in [0, 0.1) is 0 Å². The van der Waals surface area contributed by atoms with Crippen LogP contribution in [0.1, 0.15) is 30.9 Å². The topological polar surface area (TPSA) is 83.4 Å². The fourth-order valence-corrected chi connectivity index (χ4v) is 3.89. The molecule has 1 saturated carbocycles. The van der Waals surface area contributed by atoms with Crippen molar-refractivity contribution in [2.45, 2.75) is 31.4 Å². The number of rotatable bonds is 4. The van der Waals surface area contributed by atoms with Crippen molar-refractivity contribution in [1.82, 2.24) is 24.6 Å². The molecule has 8 nitrogen and oxygen atoms in total. The highest BCUT2D eigenvalue weighted by Gasteiger charge is 2.27. The number of alkyl halides is 1. The van der Waals surface area contributed by atoms with Gasteiger partial charge in [0, 0.05) is 49.2 Å². The van der Waals surface area contributed by atoms with Crippen LogP contribution in [0.3, 0.4) is 0 Å². The van der Waals surface area contributed by atoms with Crippen molar-refractivity contribution in [3.8, 4) is 0 Å². The molecule has 0 bridgehead atoms. The number of hydrogen-bond acceptors (Lipinski definition) is 6. The van der Waals surface area contributed by atoms with E-state index >= 15 is 0 Å². The quantitative estimate of drug-likeness (QED) is 0.734. The molecule has 0 amide bonds. The molecule has 0 aromatic carbocycles. The molecule has 1 aliphatic heterocycles. The zero-order chi connectivity index (χ0) is 18.2. The van der Waals surface area contributed by atoms with E-state index in [9.17, 15) is 4.39 Å². The van der Waals surface area contributed by atoms with E-state index in [0.29, 0.717) is 37.8 Å². The standard InChI is InChI=1S/C18H22FN7O/c19-13-2-1-12(9-13)14-10-15(24-23-14)21-18-22-17(25-5-7-27-8-6-25)11-16-20-3-4-26(16)18/h3-4,10-13H,1-2,5-9H2,(H2,21,22,23,24)/t12-,13+/m1/s1. The second-order valence-corrected chi connectivity index (χ2v) is 7.13. The van der Waals surface area contributed by atoms with E-state index in [-0.39, 0.29) is 5.92 Å². The zero-order valence-corrected chi connectivity index (χ0v) is 14.9. The first-order chi connectivity index (χ1) is 13.3. The van der Waals surface area contributed by atoms with Gasteiger partial charge < -0.3 is 15.0 Å². The highest BCUT2D eigenvalue weighted by Crippen LogP contribution is 2.36. The highest BCUT2D eigenvalue weighted by atomic mass is 19.1. The van der Waals surface area contributed by atoms with Gasteiger partial charge in [-0.3, -0.25) is 9.50 Å². The van der Waals surface area contributed by atoms with Crippen LogP contribution in [-0.2, 0) is 4.74 Å². The normalized spacial score (nSPS) is 23.2. The van der Waals surface area contributed by atoms with Gasteiger partial charge in [0.2, 0.25) is 5.95 Å². The third-order valence-corrected chi connectivity index (χ3v) is 5.36. The number of imidazole rings is 1. The predicted octanol–water partition coefficient (Wildman–Crippen LogP) is 2.64. The van der Waals surface area contributed by atoms with Crippen LogP contribution in [-0.4, -0.2) is 57.0 Å². The fourth-order valence-electron chi connectivity index (χ4n) is 3.89. The van der Waals surface area contributed by atoms with Gasteiger partial charge in [-0.15, -0.1) is 0 Å². The fraction of sp³-hybridized carbons (Fsp3) is 0.500. The molecule has 3 aromatic heterocycles. The van der Waals surface area contributed by atoms with Crippen molar-refractivity contribution in [1.29, 1.82) is 0 Å². The summed E-state index contributed by atoms with van der Waals surface area (Å²) >= 11 is 0. The summed E-state index contributed by atoms with van der Waals surface area (Å²) in [7, 11) is 0. The number of nitrogens with one attached hydrogen (secondary N) is 2. The Morgan fingerprint density at radius 1 is 1.22 bits per heavy atom. The molecule has 4 heterocycles. The molecule has 2 N–H and O–H groups in total. The van der Waals surface area contributed by atoms with Crippen molar-refractivity contribution < 1.29 is 9.13 Å². The van der Waals surface area contributed by atoms with Gasteiger partial charge in [0.05, 0.1) is 13.2 Å². The maximum Gasteiger partial charge on any atom is 0.216 e. The summed E-state index contributed by atoms with van der Waals surface area (Å²) in [4.78, 5) is 11.4. The Morgan fingerprint density at radius 3 is 2.93 bits per heavy atom. The first-order valence-electron chi connectivity index (χ1n) is 9.39. The molecule has 1 aliphatic carbocycles. The molecular weight excluding hydrogens is 349 g/mol. The number of nitrogens with zero attached hydrogens (tertiary/aromatic N) is 5. The molecular formula is C18H22FN7O. The van der Waals surface area contributed by atoms with Gasteiger partial charge in [-0.05, 0) is 19.3 Å². The van der Waals surface area contributed by atoms with Crippen LogP contribution in [0.2, 0.25) is 0 Å². The van der Waals surface area contributed by atoms with Crippen LogP contribution in [0.5, 0.6) is 0 Å². The second kappa shape index (κ2) is 6.80. The number of morpholine rings is 1. The number of ether oxygens (including phenoxy) is 1. The Hall–Kier alpha value is -2.68. The summed E-state index contributed by atoms with van der Waals surface area (Å²) in [6.07, 6.45) is 4.97. The molecule has 0 unspecified atom stereocenters.